The highest BCUT2D eigenvalue weighted by Gasteiger charge is 2.68. The fourth-order valence-electron chi connectivity index (χ4n) is 6.12. The number of amides is 3. The molecule has 34 heavy (non-hydrogen) atoms. The highest BCUT2D eigenvalue weighted by atomic mass is 35.5. The summed E-state index contributed by atoms with van der Waals surface area (Å²) in [6.45, 7) is 1.51. The fourth-order valence-corrected chi connectivity index (χ4v) is 6.25. The van der Waals surface area contributed by atoms with Gasteiger partial charge in [0.05, 0.1) is 11.8 Å². The molecule has 3 amide bonds. The largest absolute Gasteiger partial charge is 0.292 e. The molecule has 1 saturated heterocycles. The Morgan fingerprint density at radius 3 is 1.97 bits per heavy atom. The molecule has 6 nitrogen and oxygen atoms in total. The molecule has 2 aromatic carbocycles. The number of ketones is 1. The first-order valence-corrected chi connectivity index (χ1v) is 12.0. The van der Waals surface area contributed by atoms with Gasteiger partial charge >= 0.3 is 0 Å². The monoisotopic (exact) mass is 474 g/mol. The number of rotatable bonds is 5. The summed E-state index contributed by atoms with van der Waals surface area (Å²) >= 11 is 5.98. The maximum absolute atomic E-state index is 13.6. The van der Waals surface area contributed by atoms with E-state index in [2.05, 4.69) is 12.2 Å². The van der Waals surface area contributed by atoms with Gasteiger partial charge in [-0.15, -0.1) is 0 Å². The van der Waals surface area contributed by atoms with Crippen LogP contribution < -0.4 is 0 Å². The molecule has 2 aromatic rings. The quantitative estimate of drug-likeness (QED) is 0.373. The van der Waals surface area contributed by atoms with Crippen molar-refractivity contribution < 1.29 is 19.2 Å². The van der Waals surface area contributed by atoms with Crippen molar-refractivity contribution in [3.8, 4) is 0 Å². The van der Waals surface area contributed by atoms with Gasteiger partial charge in [-0.25, -0.2) is 5.01 Å². The molecule has 0 radical (unpaired) electrons. The predicted molar refractivity (Wildman–Crippen MR) is 125 cm³/mol. The van der Waals surface area contributed by atoms with E-state index in [0.29, 0.717) is 22.4 Å². The topological polar surface area (TPSA) is 74.8 Å². The second kappa shape index (κ2) is 7.64. The molecule has 172 valence electrons. The van der Waals surface area contributed by atoms with Crippen molar-refractivity contribution in [2.45, 2.75) is 13.3 Å². The number of hydrogen-bond donors (Lipinski definition) is 0. The molecule has 0 aromatic heterocycles. The predicted octanol–water partition coefficient (Wildman–Crippen LogP) is 3.94. The van der Waals surface area contributed by atoms with Crippen LogP contribution in [-0.4, -0.2) is 40.1 Å². The first-order valence-electron chi connectivity index (χ1n) is 11.6. The summed E-state index contributed by atoms with van der Waals surface area (Å²) in [5, 5.41) is 2.47. The summed E-state index contributed by atoms with van der Waals surface area (Å²) in [7, 11) is 0. The highest BCUT2D eigenvalue weighted by Crippen LogP contribution is 2.65. The fraction of sp³-hybridized carbons (Fsp3) is 0.333. The Hall–Kier alpha value is -3.25. The third-order valence-corrected chi connectivity index (χ3v) is 8.13. The number of aryl methyl sites for hydroxylation is 1. The Balaban J connectivity index is 1.36. The minimum Gasteiger partial charge on any atom is -0.292 e. The van der Waals surface area contributed by atoms with Crippen molar-refractivity contribution in [3.63, 3.8) is 0 Å². The molecule has 6 atom stereocenters. The molecule has 3 fully saturated rings. The van der Waals surface area contributed by atoms with Crippen molar-refractivity contribution in [1.29, 1.82) is 0 Å². The molecule has 2 bridgehead atoms. The number of benzene rings is 2. The van der Waals surface area contributed by atoms with Gasteiger partial charge in [0.25, 0.3) is 17.7 Å². The number of imide groups is 1. The van der Waals surface area contributed by atoms with Gasteiger partial charge in [-0.05, 0) is 61.3 Å². The van der Waals surface area contributed by atoms with Crippen LogP contribution in [0.25, 0.3) is 0 Å². The molecule has 4 aliphatic carbocycles. The lowest BCUT2D eigenvalue weighted by molar-refractivity contribution is -0.154. The Morgan fingerprint density at radius 1 is 0.882 bits per heavy atom. The van der Waals surface area contributed by atoms with E-state index < -0.39 is 24.3 Å². The third-order valence-electron chi connectivity index (χ3n) is 7.87. The van der Waals surface area contributed by atoms with Crippen molar-refractivity contribution in [3.05, 3.63) is 82.4 Å². The van der Waals surface area contributed by atoms with Crippen LogP contribution in [0.3, 0.4) is 0 Å². The smallest absolute Gasteiger partial charge is 0.273 e. The summed E-state index contributed by atoms with van der Waals surface area (Å²) in [6, 6.07) is 13.2. The van der Waals surface area contributed by atoms with Crippen LogP contribution in [-0.2, 0) is 9.59 Å². The molecule has 0 unspecified atom stereocenters. The number of halogens is 1. The Kier molecular flexibility index (Phi) is 4.78. The van der Waals surface area contributed by atoms with Crippen molar-refractivity contribution in [1.82, 2.24) is 10.0 Å². The van der Waals surface area contributed by atoms with E-state index in [1.165, 1.54) is 12.1 Å². The number of hydrazine groups is 1. The maximum atomic E-state index is 13.6. The molecule has 0 spiro atoms. The van der Waals surface area contributed by atoms with Gasteiger partial charge < -0.3 is 0 Å². The van der Waals surface area contributed by atoms with Crippen LogP contribution >= 0.6 is 11.6 Å². The van der Waals surface area contributed by atoms with Crippen LogP contribution in [0.15, 0.2) is 60.7 Å². The highest BCUT2D eigenvalue weighted by molar-refractivity contribution is 6.30. The maximum Gasteiger partial charge on any atom is 0.273 e. The van der Waals surface area contributed by atoms with E-state index in [1.54, 1.807) is 24.3 Å². The second-order valence-electron chi connectivity index (χ2n) is 9.80. The minimum atomic E-state index is -0.581. The van der Waals surface area contributed by atoms with Gasteiger partial charge in [0.2, 0.25) is 0 Å². The lowest BCUT2D eigenvalue weighted by Gasteiger charge is -2.37. The summed E-state index contributed by atoms with van der Waals surface area (Å²) in [6.07, 6.45) is 5.21. The second-order valence-corrected chi connectivity index (χ2v) is 10.2. The van der Waals surface area contributed by atoms with Crippen LogP contribution in [0.1, 0.15) is 32.7 Å². The first kappa shape index (κ1) is 21.3. The number of carbonyl (C=O) groups is 4. The van der Waals surface area contributed by atoms with E-state index in [0.717, 1.165) is 22.0 Å². The van der Waals surface area contributed by atoms with Gasteiger partial charge in [-0.2, -0.15) is 5.01 Å². The minimum absolute atomic E-state index is 0.0294. The molecule has 1 aliphatic heterocycles. The number of Topliss-reactive ketones (excluding diaryl/α,β-unsaturated/α-hetero) is 1. The summed E-state index contributed by atoms with van der Waals surface area (Å²) in [4.78, 5) is 54.0. The van der Waals surface area contributed by atoms with E-state index in [1.807, 2.05) is 19.1 Å². The molecule has 1 heterocycles. The molecule has 2 saturated carbocycles. The third kappa shape index (κ3) is 3.16. The standard InChI is InChI=1S/C27H23ClN2O4/c1-14-2-4-15(5-3-14)22(31)13-29(25(32)16-6-8-17(28)9-7-16)30-26(33)23-18-10-11-19(21-12-20(18)21)24(23)27(30)34/h2-11,18-21,23-24H,12-13H2,1H3/t18-,19-,20-,21-,23+,24+/m0/s1. The Labute approximate surface area is 202 Å². The van der Waals surface area contributed by atoms with Crippen molar-refractivity contribution in [2.24, 2.45) is 35.5 Å². The molecular weight excluding hydrogens is 452 g/mol. The Bertz CT molecular complexity index is 1220. The normalized spacial score (nSPS) is 30.2. The zero-order valence-electron chi connectivity index (χ0n) is 18.6. The molecule has 0 N–H and O–H groups in total. The number of hydrogen-bond acceptors (Lipinski definition) is 4. The van der Waals surface area contributed by atoms with Gasteiger partial charge in [-0.1, -0.05) is 53.6 Å². The van der Waals surface area contributed by atoms with Crippen LogP contribution in [0, 0.1) is 42.4 Å². The number of nitrogens with zero attached hydrogens (tertiary/aromatic N) is 2. The summed E-state index contributed by atoms with van der Waals surface area (Å²) in [5.41, 5.74) is 1.67. The zero-order valence-corrected chi connectivity index (χ0v) is 19.3. The van der Waals surface area contributed by atoms with Crippen LogP contribution in [0.4, 0.5) is 0 Å². The van der Waals surface area contributed by atoms with Gasteiger partial charge in [0.15, 0.2) is 5.78 Å². The average molecular weight is 475 g/mol. The van der Waals surface area contributed by atoms with E-state index in [4.69, 9.17) is 11.6 Å². The summed E-state index contributed by atoms with van der Waals surface area (Å²) in [5.74, 6) is -1.64. The van der Waals surface area contributed by atoms with Crippen LogP contribution in [0.5, 0.6) is 0 Å². The zero-order chi connectivity index (χ0) is 23.7. The number of allylic oxidation sites excluding steroid dienone is 2. The first-order chi connectivity index (χ1) is 16.3. The van der Waals surface area contributed by atoms with Crippen LogP contribution in [0.2, 0.25) is 5.02 Å². The molecular formula is C27H23ClN2O4. The molecule has 5 aliphatic rings. The van der Waals surface area contributed by atoms with Gasteiger partial charge in [0.1, 0.15) is 6.54 Å². The van der Waals surface area contributed by atoms with Gasteiger partial charge in [0, 0.05) is 16.1 Å². The average Bonchev–Trinajstić information content (AvgIpc) is 3.62. The summed E-state index contributed by atoms with van der Waals surface area (Å²) < 4.78 is 0. The number of carbonyl (C=O) groups excluding carboxylic acids is 4. The molecule has 7 heteroatoms. The van der Waals surface area contributed by atoms with Crippen molar-refractivity contribution in [2.75, 3.05) is 6.54 Å². The van der Waals surface area contributed by atoms with E-state index in [9.17, 15) is 19.2 Å². The van der Waals surface area contributed by atoms with E-state index in [-0.39, 0.29) is 35.0 Å². The van der Waals surface area contributed by atoms with Crippen molar-refractivity contribution >= 4 is 35.1 Å². The Morgan fingerprint density at radius 2 is 1.41 bits per heavy atom. The SMILES string of the molecule is Cc1ccc(C(=O)CN(C(=O)c2ccc(Cl)cc2)N2C(=O)[C@@H]3[C@H]4C=C[C@@H]([C@@H]5C[C@@H]45)[C@H]3C2=O)cc1. The van der Waals surface area contributed by atoms with E-state index >= 15 is 0 Å². The lowest BCUT2D eigenvalue weighted by Crippen LogP contribution is -2.52. The molecule has 7 rings (SSSR count). The van der Waals surface area contributed by atoms with Gasteiger partial charge in [-0.3, -0.25) is 19.2 Å². The lowest BCUT2D eigenvalue weighted by atomic mass is 9.63.